The molecule has 3 aliphatic carbocycles. The second kappa shape index (κ2) is 5.09. The van der Waals surface area contributed by atoms with E-state index in [1.165, 1.54) is 18.2 Å². The first-order chi connectivity index (χ1) is 11.7. The molecule has 3 atom stereocenters. The number of aromatic nitrogens is 1. The maximum atomic E-state index is 12.0. The van der Waals surface area contributed by atoms with Crippen LogP contribution in [0, 0.1) is 16.7 Å². The predicted octanol–water partition coefficient (Wildman–Crippen LogP) is 4.36. The zero-order chi connectivity index (χ0) is 18.0. The first-order valence-electron chi connectivity index (χ1n) is 9.17. The molecule has 0 unspecified atom stereocenters. The van der Waals surface area contributed by atoms with Gasteiger partial charge in [-0.15, -0.1) is 0 Å². The Bertz CT molecular complexity index is 800. The van der Waals surface area contributed by atoms with Crippen molar-refractivity contribution < 1.29 is 14.1 Å². The van der Waals surface area contributed by atoms with Gasteiger partial charge in [-0.05, 0) is 37.0 Å². The van der Waals surface area contributed by atoms with Crippen molar-refractivity contribution in [1.29, 1.82) is 0 Å². The van der Waals surface area contributed by atoms with Gasteiger partial charge >= 0.3 is 5.97 Å². The Hall–Kier alpha value is -1.84. The van der Waals surface area contributed by atoms with Crippen molar-refractivity contribution in [3.63, 3.8) is 0 Å². The van der Waals surface area contributed by atoms with Crippen molar-refractivity contribution in [2.45, 2.75) is 58.8 Å². The van der Waals surface area contributed by atoms with Gasteiger partial charge in [-0.1, -0.05) is 50.6 Å². The average molecular weight is 341 g/mol. The van der Waals surface area contributed by atoms with Crippen LogP contribution in [-0.2, 0) is 21.4 Å². The van der Waals surface area contributed by atoms with E-state index in [0.29, 0.717) is 12.3 Å². The average Bonchev–Trinajstić information content (AvgIpc) is 3.01. The first-order valence-corrected chi connectivity index (χ1v) is 9.17. The largest absolute Gasteiger partial charge is 0.466 e. The molecule has 1 aromatic heterocycles. The topological polar surface area (TPSA) is 52.3 Å². The van der Waals surface area contributed by atoms with Crippen molar-refractivity contribution >= 4 is 5.97 Å². The summed E-state index contributed by atoms with van der Waals surface area (Å²) in [6.07, 6.45) is 10.1. The van der Waals surface area contributed by atoms with Crippen LogP contribution in [0.2, 0.25) is 0 Å². The van der Waals surface area contributed by atoms with Gasteiger partial charge in [0.15, 0.2) is 0 Å². The van der Waals surface area contributed by atoms with Gasteiger partial charge in [0.05, 0.1) is 13.3 Å². The van der Waals surface area contributed by atoms with Crippen LogP contribution in [0.25, 0.3) is 0 Å². The normalized spacial score (nSPS) is 35.6. The Morgan fingerprint density at radius 3 is 2.80 bits per heavy atom. The molecule has 0 amide bonds. The summed E-state index contributed by atoms with van der Waals surface area (Å²) in [5.74, 6) is 1.36. The van der Waals surface area contributed by atoms with Crippen LogP contribution >= 0.6 is 0 Å². The molecule has 25 heavy (non-hydrogen) atoms. The highest BCUT2D eigenvalue weighted by Gasteiger charge is 2.58. The van der Waals surface area contributed by atoms with E-state index in [0.717, 1.165) is 30.6 Å². The minimum Gasteiger partial charge on any atom is -0.466 e. The van der Waals surface area contributed by atoms with Crippen LogP contribution in [0.3, 0.4) is 0 Å². The zero-order valence-electron chi connectivity index (χ0n) is 15.8. The van der Waals surface area contributed by atoms with Gasteiger partial charge in [0.25, 0.3) is 0 Å². The van der Waals surface area contributed by atoms with Crippen molar-refractivity contribution in [3.05, 3.63) is 40.8 Å². The lowest BCUT2D eigenvalue weighted by Crippen LogP contribution is -2.53. The lowest BCUT2D eigenvalue weighted by atomic mass is 9.45. The first kappa shape index (κ1) is 16.6. The predicted molar refractivity (Wildman–Crippen MR) is 95.0 cm³/mol. The molecular formula is C21H27NO3. The summed E-state index contributed by atoms with van der Waals surface area (Å²) < 4.78 is 10.6. The van der Waals surface area contributed by atoms with E-state index in [9.17, 15) is 4.79 Å². The van der Waals surface area contributed by atoms with Crippen LogP contribution < -0.4 is 0 Å². The fourth-order valence-electron chi connectivity index (χ4n) is 6.13. The SMILES string of the molecule is COC(=O)C1=C[C@]2(C)CC[C@H]3C(C)(C)c4oncc4C[C@]3(C)C2=CC1. The lowest BCUT2D eigenvalue weighted by molar-refractivity contribution is -0.136. The number of rotatable bonds is 1. The summed E-state index contributed by atoms with van der Waals surface area (Å²) in [6, 6.07) is 0. The van der Waals surface area contributed by atoms with Gasteiger partial charge in [0, 0.05) is 22.0 Å². The molecule has 0 saturated heterocycles. The third-order valence-corrected chi connectivity index (χ3v) is 7.08. The maximum Gasteiger partial charge on any atom is 0.333 e. The van der Waals surface area contributed by atoms with E-state index in [-0.39, 0.29) is 22.2 Å². The van der Waals surface area contributed by atoms with Crippen LogP contribution in [0.4, 0.5) is 0 Å². The Kier molecular flexibility index (Phi) is 3.38. The number of methoxy groups -OCH3 is 1. The molecule has 3 aliphatic rings. The number of allylic oxidation sites excluding steroid dienone is 3. The second-order valence-corrected chi connectivity index (χ2v) is 8.99. The van der Waals surface area contributed by atoms with E-state index in [1.807, 2.05) is 6.20 Å². The summed E-state index contributed by atoms with van der Waals surface area (Å²) in [4.78, 5) is 12.0. The van der Waals surface area contributed by atoms with Gasteiger partial charge in [0.2, 0.25) is 0 Å². The van der Waals surface area contributed by atoms with Gasteiger partial charge in [-0.25, -0.2) is 4.79 Å². The van der Waals surface area contributed by atoms with Crippen LogP contribution in [0.5, 0.6) is 0 Å². The second-order valence-electron chi connectivity index (χ2n) is 8.99. The molecule has 4 nitrogen and oxygen atoms in total. The van der Waals surface area contributed by atoms with Crippen LogP contribution in [0.15, 0.2) is 34.0 Å². The molecule has 4 rings (SSSR count). The molecular weight excluding hydrogens is 314 g/mol. The van der Waals surface area contributed by atoms with E-state index >= 15 is 0 Å². The highest BCUT2D eigenvalue weighted by Crippen LogP contribution is 2.64. The van der Waals surface area contributed by atoms with Gasteiger partial charge in [0.1, 0.15) is 5.76 Å². The highest BCUT2D eigenvalue weighted by molar-refractivity contribution is 5.89. The van der Waals surface area contributed by atoms with Gasteiger partial charge in [-0.2, -0.15) is 0 Å². The quantitative estimate of drug-likeness (QED) is 0.562. The summed E-state index contributed by atoms with van der Waals surface area (Å²) >= 11 is 0. The van der Waals surface area contributed by atoms with Crippen molar-refractivity contribution in [2.75, 3.05) is 7.11 Å². The summed E-state index contributed by atoms with van der Waals surface area (Å²) in [7, 11) is 1.46. The minimum absolute atomic E-state index is 0.0344. The molecule has 1 fully saturated rings. The van der Waals surface area contributed by atoms with Crippen molar-refractivity contribution in [1.82, 2.24) is 5.16 Å². The van der Waals surface area contributed by atoms with Crippen LogP contribution in [0.1, 0.15) is 58.3 Å². The van der Waals surface area contributed by atoms with Crippen molar-refractivity contribution in [3.8, 4) is 0 Å². The fraction of sp³-hybridized carbons (Fsp3) is 0.619. The standard InChI is InChI=1S/C21H27NO3/c1-19(2)15-8-9-20(3)10-13(18(23)24-5)6-7-16(20)21(15,4)11-14-12-22-25-17(14)19/h7,10,12,15H,6,8-9,11H2,1-5H3/t15-,20-,21-/m0/s1. The number of nitrogens with zero attached hydrogens (tertiary/aromatic N) is 1. The zero-order valence-corrected chi connectivity index (χ0v) is 15.8. The Morgan fingerprint density at radius 1 is 1.32 bits per heavy atom. The molecule has 0 aliphatic heterocycles. The summed E-state index contributed by atoms with van der Waals surface area (Å²) in [5.41, 5.74) is 3.45. The van der Waals surface area contributed by atoms with E-state index in [1.54, 1.807) is 0 Å². The van der Waals surface area contributed by atoms with E-state index in [2.05, 4.69) is 45.0 Å². The molecule has 0 N–H and O–H groups in total. The number of carbonyl (C=O) groups is 1. The monoisotopic (exact) mass is 341 g/mol. The molecule has 1 heterocycles. The molecule has 0 radical (unpaired) electrons. The van der Waals surface area contributed by atoms with Crippen molar-refractivity contribution in [2.24, 2.45) is 16.7 Å². The lowest BCUT2D eigenvalue weighted by Gasteiger charge is -2.58. The summed E-state index contributed by atoms with van der Waals surface area (Å²) in [6.45, 7) is 9.26. The molecule has 0 aromatic carbocycles. The van der Waals surface area contributed by atoms with E-state index in [4.69, 9.17) is 9.26 Å². The smallest absolute Gasteiger partial charge is 0.333 e. The number of carbonyl (C=O) groups excluding carboxylic acids is 1. The Balaban J connectivity index is 1.80. The molecule has 1 saturated carbocycles. The number of hydrogen-bond donors (Lipinski definition) is 0. The number of ether oxygens (including phenoxy) is 1. The van der Waals surface area contributed by atoms with E-state index < -0.39 is 0 Å². The Morgan fingerprint density at radius 2 is 2.08 bits per heavy atom. The summed E-state index contributed by atoms with van der Waals surface area (Å²) in [5, 5.41) is 4.09. The third-order valence-electron chi connectivity index (χ3n) is 7.08. The highest BCUT2D eigenvalue weighted by atomic mass is 16.5. The maximum absolute atomic E-state index is 12.0. The number of esters is 1. The molecule has 0 bridgehead atoms. The molecule has 134 valence electrons. The van der Waals surface area contributed by atoms with Gasteiger partial charge in [-0.3, -0.25) is 0 Å². The van der Waals surface area contributed by atoms with Gasteiger partial charge < -0.3 is 9.26 Å². The number of fused-ring (bicyclic) bond motifs is 4. The minimum atomic E-state index is -0.200. The fourth-order valence-corrected chi connectivity index (χ4v) is 6.13. The molecule has 1 aromatic rings. The molecule has 4 heteroatoms. The van der Waals surface area contributed by atoms with Crippen LogP contribution in [-0.4, -0.2) is 18.2 Å². The number of hydrogen-bond acceptors (Lipinski definition) is 4. The molecule has 0 spiro atoms. The third kappa shape index (κ3) is 2.12. The Labute approximate surface area is 149 Å².